The lowest BCUT2D eigenvalue weighted by molar-refractivity contribution is -0.115. The van der Waals surface area contributed by atoms with E-state index >= 15 is 0 Å². The average Bonchev–Trinajstić information content (AvgIpc) is 3.34. The van der Waals surface area contributed by atoms with Gasteiger partial charge in [-0.3, -0.25) is 4.79 Å². The van der Waals surface area contributed by atoms with Crippen molar-refractivity contribution in [2.24, 2.45) is 0 Å². The summed E-state index contributed by atoms with van der Waals surface area (Å²) < 4.78 is 2.07. The molecule has 3 aromatic carbocycles. The van der Waals surface area contributed by atoms with Crippen LogP contribution in [0.4, 0.5) is 5.69 Å². The van der Waals surface area contributed by atoms with E-state index in [0.29, 0.717) is 6.54 Å². The number of pyridine rings is 1. The number of hydrogen-bond donors (Lipinski definition) is 0. The van der Waals surface area contributed by atoms with E-state index in [-0.39, 0.29) is 11.7 Å². The molecule has 0 aliphatic carbocycles. The molecule has 1 amide bonds. The zero-order valence-electron chi connectivity index (χ0n) is 19.6. The summed E-state index contributed by atoms with van der Waals surface area (Å²) in [4.78, 5) is 19.4. The Balaban J connectivity index is 1.48. The van der Waals surface area contributed by atoms with Gasteiger partial charge in [-0.25, -0.2) is 4.98 Å². The number of rotatable bonds is 7. The highest BCUT2D eigenvalue weighted by Gasteiger charge is 2.19. The summed E-state index contributed by atoms with van der Waals surface area (Å²) in [5.74, 6) is 1.05. The maximum atomic E-state index is 12.8. The van der Waals surface area contributed by atoms with Crippen molar-refractivity contribution >= 4 is 34.3 Å². The molecule has 5 rings (SSSR count). The van der Waals surface area contributed by atoms with E-state index in [9.17, 15) is 4.79 Å². The second kappa shape index (κ2) is 10.1. The number of carbonyl (C=O) groups is 1. The molecule has 0 radical (unpaired) electrons. The number of para-hydroxylation sites is 2. The maximum absolute atomic E-state index is 12.8. The fraction of sp³-hybridized carbons (Fsp3) is 0.143. The first kappa shape index (κ1) is 22.8. The Bertz CT molecular complexity index is 1470. The summed E-state index contributed by atoms with van der Waals surface area (Å²) in [6.45, 7) is 2.75. The van der Waals surface area contributed by atoms with Crippen LogP contribution >= 0.6 is 11.8 Å². The smallest absolute Gasteiger partial charge is 0.237 e. The second-order valence-corrected chi connectivity index (χ2v) is 9.01. The highest BCUT2D eigenvalue weighted by atomic mass is 32.2. The SMILES string of the molecule is CCn1c(SCC(=O)N(C)c2ccccc2)nnc1-c1cc(-c2ccccc2)nc2ccccc12. The van der Waals surface area contributed by atoms with E-state index in [2.05, 4.69) is 46.0 Å². The molecule has 0 aliphatic heterocycles. The molecule has 2 heterocycles. The van der Waals surface area contributed by atoms with Gasteiger partial charge in [0.05, 0.1) is 17.0 Å². The van der Waals surface area contributed by atoms with Gasteiger partial charge in [0.1, 0.15) is 0 Å². The van der Waals surface area contributed by atoms with Crippen molar-refractivity contribution in [1.29, 1.82) is 0 Å². The van der Waals surface area contributed by atoms with Crippen molar-refractivity contribution in [2.75, 3.05) is 17.7 Å². The highest BCUT2D eigenvalue weighted by molar-refractivity contribution is 7.99. The van der Waals surface area contributed by atoms with Crippen molar-refractivity contribution in [3.63, 3.8) is 0 Å². The molecule has 35 heavy (non-hydrogen) atoms. The van der Waals surface area contributed by atoms with E-state index in [1.807, 2.05) is 66.7 Å². The molecule has 0 unspecified atom stereocenters. The van der Waals surface area contributed by atoms with Crippen LogP contribution in [-0.4, -0.2) is 38.5 Å². The predicted molar refractivity (Wildman–Crippen MR) is 142 cm³/mol. The quantitative estimate of drug-likeness (QED) is 0.271. The topological polar surface area (TPSA) is 63.9 Å². The Morgan fingerprint density at radius 3 is 2.34 bits per heavy atom. The molecular weight excluding hydrogens is 454 g/mol. The third-order valence-electron chi connectivity index (χ3n) is 5.90. The van der Waals surface area contributed by atoms with Gasteiger partial charge in [-0.1, -0.05) is 78.5 Å². The Morgan fingerprint density at radius 2 is 1.60 bits per heavy atom. The van der Waals surface area contributed by atoms with Crippen LogP contribution in [0.2, 0.25) is 0 Å². The van der Waals surface area contributed by atoms with Crippen molar-refractivity contribution in [3.8, 4) is 22.6 Å². The summed E-state index contributed by atoms with van der Waals surface area (Å²) in [5, 5.41) is 10.8. The summed E-state index contributed by atoms with van der Waals surface area (Å²) in [6, 6.07) is 29.9. The van der Waals surface area contributed by atoms with Gasteiger partial charge in [0, 0.05) is 35.8 Å². The molecule has 6 nitrogen and oxygen atoms in total. The van der Waals surface area contributed by atoms with Gasteiger partial charge in [-0.15, -0.1) is 10.2 Å². The highest BCUT2D eigenvalue weighted by Crippen LogP contribution is 2.33. The van der Waals surface area contributed by atoms with Crippen molar-refractivity contribution in [2.45, 2.75) is 18.6 Å². The van der Waals surface area contributed by atoms with Crippen LogP contribution in [0, 0.1) is 0 Å². The Hall–Kier alpha value is -3.97. The van der Waals surface area contributed by atoms with Crippen LogP contribution in [0.1, 0.15) is 6.92 Å². The lowest BCUT2D eigenvalue weighted by atomic mass is 10.0. The monoisotopic (exact) mass is 479 g/mol. The summed E-state index contributed by atoms with van der Waals surface area (Å²) in [5.41, 5.74) is 4.68. The minimum atomic E-state index is 0.00845. The van der Waals surface area contributed by atoms with Crippen molar-refractivity contribution in [3.05, 3.63) is 91.0 Å². The van der Waals surface area contributed by atoms with Gasteiger partial charge in [-0.2, -0.15) is 0 Å². The zero-order chi connectivity index (χ0) is 24.2. The Labute approximate surface area is 208 Å². The van der Waals surface area contributed by atoms with E-state index in [0.717, 1.165) is 44.4 Å². The number of hydrogen-bond acceptors (Lipinski definition) is 5. The molecule has 0 spiro atoms. The number of benzene rings is 3. The summed E-state index contributed by atoms with van der Waals surface area (Å²) >= 11 is 1.41. The minimum Gasteiger partial charge on any atom is -0.315 e. The molecule has 0 aliphatic rings. The van der Waals surface area contributed by atoms with Gasteiger partial charge >= 0.3 is 0 Å². The Kier molecular flexibility index (Phi) is 6.59. The number of anilines is 1. The first-order valence-corrected chi connectivity index (χ1v) is 12.5. The molecule has 5 aromatic rings. The van der Waals surface area contributed by atoms with Crippen LogP contribution < -0.4 is 4.90 Å². The van der Waals surface area contributed by atoms with Crippen molar-refractivity contribution < 1.29 is 4.79 Å². The molecule has 2 aromatic heterocycles. The first-order valence-electron chi connectivity index (χ1n) is 11.5. The van der Waals surface area contributed by atoms with Gasteiger partial charge in [-0.05, 0) is 31.2 Å². The van der Waals surface area contributed by atoms with E-state index < -0.39 is 0 Å². The first-order chi connectivity index (χ1) is 17.2. The van der Waals surface area contributed by atoms with Crippen LogP contribution in [0.25, 0.3) is 33.5 Å². The third kappa shape index (κ3) is 4.68. The average molecular weight is 480 g/mol. The number of fused-ring (bicyclic) bond motifs is 1. The van der Waals surface area contributed by atoms with Crippen LogP contribution in [0.5, 0.6) is 0 Å². The fourth-order valence-electron chi connectivity index (χ4n) is 4.02. The normalized spacial score (nSPS) is 11.0. The molecule has 0 N–H and O–H groups in total. The van der Waals surface area contributed by atoms with E-state index in [1.54, 1.807) is 11.9 Å². The summed E-state index contributed by atoms with van der Waals surface area (Å²) in [6.07, 6.45) is 0. The van der Waals surface area contributed by atoms with Gasteiger partial charge in [0.25, 0.3) is 0 Å². The Morgan fingerprint density at radius 1 is 0.914 bits per heavy atom. The fourth-order valence-corrected chi connectivity index (χ4v) is 4.93. The van der Waals surface area contributed by atoms with E-state index in [1.165, 1.54) is 11.8 Å². The molecule has 0 saturated carbocycles. The number of aromatic nitrogens is 4. The lowest BCUT2D eigenvalue weighted by Crippen LogP contribution is -2.27. The van der Waals surface area contributed by atoms with Gasteiger partial charge < -0.3 is 9.47 Å². The van der Waals surface area contributed by atoms with Crippen LogP contribution in [-0.2, 0) is 11.3 Å². The van der Waals surface area contributed by atoms with Gasteiger partial charge in [0.2, 0.25) is 5.91 Å². The zero-order valence-corrected chi connectivity index (χ0v) is 20.4. The van der Waals surface area contributed by atoms with E-state index in [4.69, 9.17) is 4.98 Å². The molecule has 0 atom stereocenters. The summed E-state index contributed by atoms with van der Waals surface area (Å²) in [7, 11) is 1.79. The second-order valence-electron chi connectivity index (χ2n) is 8.07. The third-order valence-corrected chi connectivity index (χ3v) is 6.85. The molecule has 0 fully saturated rings. The molecule has 0 bridgehead atoms. The molecular formula is C28H25N5OS. The number of amides is 1. The van der Waals surface area contributed by atoms with Gasteiger partial charge in [0.15, 0.2) is 11.0 Å². The number of thioether (sulfide) groups is 1. The lowest BCUT2D eigenvalue weighted by Gasteiger charge is -2.17. The number of carbonyl (C=O) groups excluding carboxylic acids is 1. The number of nitrogens with zero attached hydrogens (tertiary/aromatic N) is 5. The molecule has 174 valence electrons. The van der Waals surface area contributed by atoms with Crippen LogP contribution in [0.15, 0.2) is 96.2 Å². The maximum Gasteiger partial charge on any atom is 0.237 e. The minimum absolute atomic E-state index is 0.00845. The van der Waals surface area contributed by atoms with Crippen molar-refractivity contribution in [1.82, 2.24) is 19.7 Å². The molecule has 7 heteroatoms. The van der Waals surface area contributed by atoms with Crippen LogP contribution in [0.3, 0.4) is 0 Å². The molecule has 0 saturated heterocycles. The predicted octanol–water partition coefficient (Wildman–Crippen LogP) is 5.94. The largest absolute Gasteiger partial charge is 0.315 e. The standard InChI is InChI=1S/C28H25N5OS/c1-3-33-27(30-31-28(33)35-19-26(34)32(2)21-14-8-5-9-15-21)23-18-25(20-12-6-4-7-13-20)29-24-17-11-10-16-22(23)24/h4-18H,3,19H2,1-2H3.